The summed E-state index contributed by atoms with van der Waals surface area (Å²) in [5, 5.41) is 7.02. The summed E-state index contributed by atoms with van der Waals surface area (Å²) in [6, 6.07) is 0. The van der Waals surface area contributed by atoms with Crippen molar-refractivity contribution in [3.05, 3.63) is 17.5 Å². The Morgan fingerprint density at radius 1 is 1.57 bits per heavy atom. The maximum Gasteiger partial charge on any atom is 0.255 e. The third kappa shape index (κ3) is 3.62. The van der Waals surface area contributed by atoms with Crippen LogP contribution in [-0.2, 0) is 16.4 Å². The highest BCUT2D eigenvalue weighted by Gasteiger charge is 2.39. The normalized spacial score (nSPS) is 24.1. The molecule has 118 valence electrons. The molecule has 1 aromatic heterocycles. The molecule has 1 fully saturated rings. The van der Waals surface area contributed by atoms with Crippen molar-refractivity contribution in [2.45, 2.75) is 38.8 Å². The highest BCUT2D eigenvalue weighted by Crippen LogP contribution is 2.23. The van der Waals surface area contributed by atoms with Crippen LogP contribution in [0.4, 0.5) is 0 Å². The Balaban J connectivity index is 2.09. The Morgan fingerprint density at radius 2 is 2.29 bits per heavy atom. The van der Waals surface area contributed by atoms with E-state index in [0.29, 0.717) is 25.1 Å². The van der Waals surface area contributed by atoms with E-state index in [4.69, 9.17) is 5.73 Å². The van der Waals surface area contributed by atoms with E-state index in [1.807, 2.05) is 6.92 Å². The molecule has 0 radical (unpaired) electrons. The van der Waals surface area contributed by atoms with E-state index < -0.39 is 15.4 Å². The van der Waals surface area contributed by atoms with Crippen molar-refractivity contribution in [1.82, 2.24) is 15.1 Å². The van der Waals surface area contributed by atoms with Crippen LogP contribution >= 0.6 is 0 Å². The van der Waals surface area contributed by atoms with Crippen LogP contribution in [0.15, 0.2) is 6.20 Å². The van der Waals surface area contributed by atoms with Gasteiger partial charge in [0.15, 0.2) is 9.84 Å². The quantitative estimate of drug-likeness (QED) is 0.786. The maximum atomic E-state index is 12.3. The van der Waals surface area contributed by atoms with Gasteiger partial charge in [-0.1, -0.05) is 0 Å². The van der Waals surface area contributed by atoms with Crippen molar-refractivity contribution in [1.29, 1.82) is 0 Å². The molecule has 1 aromatic rings. The summed E-state index contributed by atoms with van der Waals surface area (Å²) in [5.74, 6) is -0.156. The number of nitrogens with two attached hydrogens (primary N) is 1. The van der Waals surface area contributed by atoms with Gasteiger partial charge in [0.2, 0.25) is 0 Å². The fourth-order valence-electron chi connectivity index (χ4n) is 2.59. The summed E-state index contributed by atoms with van der Waals surface area (Å²) in [6.45, 7) is 4.83. The van der Waals surface area contributed by atoms with Gasteiger partial charge in [0.05, 0.1) is 28.8 Å². The Kier molecular flexibility index (Phi) is 4.38. The number of nitrogens with zero attached hydrogens (tertiary/aromatic N) is 2. The zero-order valence-corrected chi connectivity index (χ0v) is 13.2. The minimum Gasteiger partial charge on any atom is -0.346 e. The first kappa shape index (κ1) is 16.0. The zero-order chi connectivity index (χ0) is 15.7. The molecule has 21 heavy (non-hydrogen) atoms. The molecular formula is C13H22N4O3S. The van der Waals surface area contributed by atoms with Gasteiger partial charge in [-0.15, -0.1) is 0 Å². The third-order valence-corrected chi connectivity index (χ3v) is 5.74. The largest absolute Gasteiger partial charge is 0.346 e. The minimum atomic E-state index is -3.05. The number of amides is 1. The Bertz CT molecular complexity index is 638. The van der Waals surface area contributed by atoms with Crippen LogP contribution in [0.3, 0.4) is 0 Å². The fourth-order valence-corrected chi connectivity index (χ4v) is 4.68. The van der Waals surface area contributed by atoms with Gasteiger partial charge in [-0.2, -0.15) is 5.10 Å². The van der Waals surface area contributed by atoms with Crippen molar-refractivity contribution in [2.24, 2.45) is 5.73 Å². The molecule has 3 N–H and O–H groups in total. The smallest absolute Gasteiger partial charge is 0.255 e. The molecule has 1 unspecified atom stereocenters. The number of sulfone groups is 1. The Morgan fingerprint density at radius 3 is 2.86 bits per heavy atom. The van der Waals surface area contributed by atoms with Gasteiger partial charge in [0, 0.05) is 12.2 Å². The van der Waals surface area contributed by atoms with Gasteiger partial charge >= 0.3 is 0 Å². The van der Waals surface area contributed by atoms with Crippen LogP contribution in [0.1, 0.15) is 35.8 Å². The summed E-state index contributed by atoms with van der Waals surface area (Å²) >= 11 is 0. The van der Waals surface area contributed by atoms with Crippen molar-refractivity contribution in [2.75, 3.05) is 18.1 Å². The van der Waals surface area contributed by atoms with E-state index in [1.54, 1.807) is 11.6 Å². The van der Waals surface area contributed by atoms with Crippen LogP contribution in [0, 0.1) is 6.92 Å². The van der Waals surface area contributed by atoms with E-state index in [0.717, 1.165) is 12.1 Å². The molecule has 1 aliphatic heterocycles. The van der Waals surface area contributed by atoms with Crippen LogP contribution < -0.4 is 11.1 Å². The van der Waals surface area contributed by atoms with Crippen molar-refractivity contribution >= 4 is 15.7 Å². The minimum absolute atomic E-state index is 0.00784. The topological polar surface area (TPSA) is 107 Å². The molecule has 2 heterocycles. The van der Waals surface area contributed by atoms with Crippen molar-refractivity contribution < 1.29 is 13.2 Å². The van der Waals surface area contributed by atoms with Crippen molar-refractivity contribution in [3.8, 4) is 0 Å². The number of hydrogen-bond acceptors (Lipinski definition) is 5. The highest BCUT2D eigenvalue weighted by atomic mass is 32.2. The van der Waals surface area contributed by atoms with Crippen LogP contribution in [0.25, 0.3) is 0 Å². The number of hydrogen-bond donors (Lipinski definition) is 2. The van der Waals surface area contributed by atoms with E-state index >= 15 is 0 Å². The van der Waals surface area contributed by atoms with Crippen LogP contribution in [0.2, 0.25) is 0 Å². The predicted molar refractivity (Wildman–Crippen MR) is 79.8 cm³/mol. The van der Waals surface area contributed by atoms with Gasteiger partial charge in [-0.05, 0) is 33.2 Å². The molecule has 8 heteroatoms. The molecule has 1 aliphatic rings. The number of carbonyl (C=O) groups excluding carboxylic acids is 1. The molecule has 2 rings (SSSR count). The fraction of sp³-hybridized carbons (Fsp3) is 0.692. The lowest BCUT2D eigenvalue weighted by molar-refractivity contribution is 0.0914. The molecule has 0 aromatic carbocycles. The number of aromatic nitrogens is 2. The third-order valence-electron chi connectivity index (χ3n) is 3.84. The molecule has 7 nitrogen and oxygen atoms in total. The average Bonchev–Trinajstić information content (AvgIpc) is 2.87. The first-order chi connectivity index (χ1) is 9.76. The Hall–Kier alpha value is -1.41. The van der Waals surface area contributed by atoms with E-state index in [-0.39, 0.29) is 17.4 Å². The van der Waals surface area contributed by atoms with Crippen LogP contribution in [-0.4, -0.2) is 47.7 Å². The van der Waals surface area contributed by atoms with E-state index in [2.05, 4.69) is 10.4 Å². The SMILES string of the molecule is Cc1c(C(=O)NC2(C)CCS(=O)(=O)C2)cnn1CCCN. The lowest BCUT2D eigenvalue weighted by Crippen LogP contribution is -2.47. The van der Waals surface area contributed by atoms with Crippen LogP contribution in [0.5, 0.6) is 0 Å². The first-order valence-electron chi connectivity index (χ1n) is 7.02. The number of carbonyl (C=O) groups is 1. The van der Waals surface area contributed by atoms with Gasteiger partial charge in [0.25, 0.3) is 5.91 Å². The van der Waals surface area contributed by atoms with Gasteiger partial charge in [-0.3, -0.25) is 9.48 Å². The number of rotatable bonds is 5. The summed E-state index contributed by atoms with van der Waals surface area (Å²) in [7, 11) is -3.05. The number of nitrogens with one attached hydrogen (secondary N) is 1. The number of aryl methyl sites for hydroxylation is 1. The summed E-state index contributed by atoms with van der Waals surface area (Å²) in [5.41, 5.74) is 6.03. The van der Waals surface area contributed by atoms with Crippen molar-refractivity contribution in [3.63, 3.8) is 0 Å². The molecule has 0 saturated carbocycles. The predicted octanol–water partition coefficient (Wildman–Crippen LogP) is -0.153. The van der Waals surface area contributed by atoms with E-state index in [1.165, 1.54) is 6.20 Å². The second kappa shape index (κ2) is 5.76. The molecule has 1 atom stereocenters. The second-order valence-corrected chi connectivity index (χ2v) is 8.05. The van der Waals surface area contributed by atoms with E-state index in [9.17, 15) is 13.2 Å². The first-order valence-corrected chi connectivity index (χ1v) is 8.84. The zero-order valence-electron chi connectivity index (χ0n) is 12.4. The average molecular weight is 314 g/mol. The summed E-state index contributed by atoms with van der Waals surface area (Å²) < 4.78 is 24.9. The highest BCUT2D eigenvalue weighted by molar-refractivity contribution is 7.91. The van der Waals surface area contributed by atoms with Gasteiger partial charge in [-0.25, -0.2) is 8.42 Å². The van der Waals surface area contributed by atoms with Gasteiger partial charge < -0.3 is 11.1 Å². The summed E-state index contributed by atoms with van der Waals surface area (Å²) in [6.07, 6.45) is 2.76. The molecule has 0 bridgehead atoms. The Labute approximate surface area is 124 Å². The maximum absolute atomic E-state index is 12.3. The molecule has 0 spiro atoms. The summed E-state index contributed by atoms with van der Waals surface area (Å²) in [4.78, 5) is 12.3. The lowest BCUT2D eigenvalue weighted by atomic mass is 10.0. The standard InChI is InChI=1S/C13H22N4O3S/c1-10-11(8-15-17(10)6-3-5-14)12(18)16-13(2)4-7-21(19,20)9-13/h8H,3-7,9,14H2,1-2H3,(H,16,18). The van der Waals surface area contributed by atoms with Gasteiger partial charge in [0.1, 0.15) is 0 Å². The molecule has 0 aliphatic carbocycles. The molecular weight excluding hydrogens is 292 g/mol. The molecule has 1 saturated heterocycles. The second-order valence-electron chi connectivity index (χ2n) is 5.87. The molecule has 1 amide bonds. The monoisotopic (exact) mass is 314 g/mol. The lowest BCUT2D eigenvalue weighted by Gasteiger charge is -2.23.